The van der Waals surface area contributed by atoms with Gasteiger partial charge in [0.25, 0.3) is 0 Å². The van der Waals surface area contributed by atoms with E-state index >= 15 is 0 Å². The summed E-state index contributed by atoms with van der Waals surface area (Å²) in [5, 5.41) is 39.4. The third-order valence-electron chi connectivity index (χ3n) is 14.8. The van der Waals surface area contributed by atoms with Crippen LogP contribution in [-0.2, 0) is 5.41 Å². The predicted octanol–water partition coefficient (Wildman–Crippen LogP) is 15.1. The van der Waals surface area contributed by atoms with Gasteiger partial charge in [0.15, 0.2) is 0 Å². The Labute approximate surface area is 479 Å². The van der Waals surface area contributed by atoms with Crippen molar-refractivity contribution >= 4 is 0 Å². The summed E-state index contributed by atoms with van der Waals surface area (Å²) in [4.78, 5) is 0. The molecule has 1 saturated carbocycles. The van der Waals surface area contributed by atoms with E-state index in [0.29, 0.717) is 51.9 Å². The first-order valence-corrected chi connectivity index (χ1v) is 27.9. The zero-order chi connectivity index (χ0) is 56.5. The van der Waals surface area contributed by atoms with E-state index in [4.69, 9.17) is 37.9 Å². The molecule has 0 saturated heterocycles. The van der Waals surface area contributed by atoms with E-state index in [1.807, 2.05) is 60.7 Å². The van der Waals surface area contributed by atoms with Crippen molar-refractivity contribution in [2.45, 2.75) is 50.4 Å². The fourth-order valence-corrected chi connectivity index (χ4v) is 10.4. The maximum atomic E-state index is 9.86. The molecule has 0 amide bonds. The molecule has 0 aliphatic heterocycles. The third kappa shape index (κ3) is 14.3. The molecule has 9 aromatic rings. The highest BCUT2D eigenvalue weighted by molar-refractivity contribution is 5.79. The van der Waals surface area contributed by atoms with Gasteiger partial charge < -0.3 is 58.3 Å². The van der Waals surface area contributed by atoms with Crippen molar-refractivity contribution in [1.82, 2.24) is 0 Å². The lowest BCUT2D eigenvalue weighted by atomic mass is 9.69. The van der Waals surface area contributed by atoms with Gasteiger partial charge >= 0.3 is 0 Å². The fraction of sp³-hybridized carbons (Fsp3) is 0.229. The van der Waals surface area contributed by atoms with Crippen LogP contribution in [0.2, 0.25) is 0 Å². The van der Waals surface area contributed by atoms with E-state index in [9.17, 15) is 20.4 Å². The van der Waals surface area contributed by atoms with Crippen molar-refractivity contribution in [1.29, 1.82) is 0 Å². The molecule has 0 radical (unpaired) electrons. The minimum Gasteiger partial charge on any atom is -0.508 e. The molecule has 1 fully saturated rings. The van der Waals surface area contributed by atoms with Crippen molar-refractivity contribution in [3.63, 3.8) is 0 Å². The van der Waals surface area contributed by atoms with Crippen LogP contribution >= 0.6 is 0 Å². The molecular weight excluding hydrogens is 1030 g/mol. The van der Waals surface area contributed by atoms with E-state index < -0.39 is 5.41 Å². The first kappa shape index (κ1) is 55.9. The molecule has 1 aliphatic carbocycles. The normalized spacial score (nSPS) is 12.5. The Balaban J connectivity index is 1.04. The minimum absolute atomic E-state index is 0.158. The summed E-state index contributed by atoms with van der Waals surface area (Å²) in [6.07, 6.45) is 6.11. The summed E-state index contributed by atoms with van der Waals surface area (Å²) in [6.45, 7) is 4.25. The smallest absolute Gasteiger partial charge is 0.127 e. The Hall–Kier alpha value is -9.42. The second kappa shape index (κ2) is 27.2. The van der Waals surface area contributed by atoms with Crippen LogP contribution in [0.5, 0.6) is 69.0 Å². The number of hydrogen-bond donors (Lipinski definition) is 4. The predicted molar refractivity (Wildman–Crippen MR) is 318 cm³/mol. The molecule has 10 rings (SSSR count). The van der Waals surface area contributed by atoms with Crippen LogP contribution in [0, 0.1) is 0 Å². The average molecular weight is 1100 g/mol. The number of hydrogen-bond acceptors (Lipinski definition) is 12. The Kier molecular flexibility index (Phi) is 18.5. The lowest BCUT2D eigenvalue weighted by Gasteiger charge is -2.34. The van der Waals surface area contributed by atoms with E-state index in [1.165, 1.54) is 37.7 Å². The minimum atomic E-state index is -0.795. The number of ether oxygens (including phenoxy) is 8. The first-order chi connectivity index (χ1) is 40.2. The Morgan fingerprint density at radius 1 is 0.317 bits per heavy atom. The third-order valence-corrected chi connectivity index (χ3v) is 14.8. The van der Waals surface area contributed by atoms with Crippen molar-refractivity contribution < 1.29 is 58.3 Å². The van der Waals surface area contributed by atoms with E-state index in [2.05, 4.69) is 55.5 Å². The summed E-state index contributed by atoms with van der Waals surface area (Å²) in [7, 11) is 0. The first-order valence-electron chi connectivity index (χ1n) is 27.9. The van der Waals surface area contributed by atoms with Gasteiger partial charge in [-0.05, 0) is 181 Å². The maximum absolute atomic E-state index is 9.86. The van der Waals surface area contributed by atoms with E-state index in [1.54, 1.807) is 97.1 Å². The van der Waals surface area contributed by atoms with Crippen LogP contribution in [0.15, 0.2) is 206 Å². The van der Waals surface area contributed by atoms with Gasteiger partial charge in [-0.15, -0.1) is 0 Å². The maximum Gasteiger partial charge on any atom is 0.127 e. The van der Waals surface area contributed by atoms with Crippen molar-refractivity contribution in [3.8, 4) is 91.2 Å². The molecular formula is C70H68O12. The van der Waals surface area contributed by atoms with Gasteiger partial charge in [-0.1, -0.05) is 92.1 Å². The monoisotopic (exact) mass is 1100 g/mol. The van der Waals surface area contributed by atoms with Gasteiger partial charge in [0.05, 0.1) is 0 Å². The number of rotatable bonds is 26. The van der Waals surface area contributed by atoms with Crippen LogP contribution in [-0.4, -0.2) is 73.3 Å². The molecule has 0 heterocycles. The lowest BCUT2D eigenvalue weighted by molar-refractivity contribution is 0.215. The van der Waals surface area contributed by atoms with Gasteiger partial charge in [0.2, 0.25) is 0 Å². The Morgan fingerprint density at radius 3 is 0.976 bits per heavy atom. The topological polar surface area (TPSA) is 155 Å². The molecule has 0 bridgehead atoms. The van der Waals surface area contributed by atoms with Crippen LogP contribution in [0.1, 0.15) is 67.2 Å². The quantitative estimate of drug-likeness (QED) is 0.0301. The van der Waals surface area contributed by atoms with Crippen LogP contribution in [0.4, 0.5) is 0 Å². The zero-order valence-electron chi connectivity index (χ0n) is 46.0. The zero-order valence-corrected chi connectivity index (χ0v) is 46.0. The van der Waals surface area contributed by atoms with Gasteiger partial charge in [-0.3, -0.25) is 0 Å². The fourth-order valence-electron chi connectivity index (χ4n) is 10.4. The summed E-state index contributed by atoms with van der Waals surface area (Å²) in [6, 6.07) is 64.2. The molecule has 82 heavy (non-hydrogen) atoms. The number of benzene rings is 9. The van der Waals surface area contributed by atoms with E-state index in [-0.39, 0.29) is 75.9 Å². The molecule has 4 N–H and O–H groups in total. The molecule has 0 atom stereocenters. The van der Waals surface area contributed by atoms with Crippen LogP contribution in [0.25, 0.3) is 22.3 Å². The number of phenolic OH excluding ortho intramolecular Hbond substituents is 4. The molecule has 0 aromatic heterocycles. The second-order valence-electron chi connectivity index (χ2n) is 20.3. The highest BCUT2D eigenvalue weighted by Gasteiger charge is 2.34. The van der Waals surface area contributed by atoms with Gasteiger partial charge in [0, 0.05) is 27.7 Å². The summed E-state index contributed by atoms with van der Waals surface area (Å²) < 4.78 is 50.4. The summed E-state index contributed by atoms with van der Waals surface area (Å²) >= 11 is 0. The Bertz CT molecular complexity index is 3250. The molecule has 0 spiro atoms. The molecule has 1 aliphatic rings. The van der Waals surface area contributed by atoms with Crippen molar-refractivity contribution in [3.05, 3.63) is 229 Å². The molecule has 0 unspecified atom stereocenters. The second-order valence-corrected chi connectivity index (χ2v) is 20.3. The molecule has 9 aromatic carbocycles. The van der Waals surface area contributed by atoms with E-state index in [0.717, 1.165) is 38.9 Å². The number of phenols is 4. The Morgan fingerprint density at radius 2 is 0.622 bits per heavy atom. The highest BCUT2D eigenvalue weighted by atomic mass is 16.5. The standard InChI is InChI=1S/C70H68O12/c1-70(51-17-15-50(16-18-51)49-9-3-2-4-10-49,52-19-37-68(81-45-41-77-60-33-25-56(73)26-34-60)64(47-52)62-11-5-7-13-66(62)79-43-39-75-58-29-21-54(71)22-30-58)53-20-38-69(82-46-42-78-61-35-27-57(74)28-36-61)65(48-53)63-12-6-8-14-67(63)80-44-40-76-59-31-23-55(72)24-32-59/h5-8,11-38,47-49,71-74H,2-4,9-10,39-46H2,1H3. The molecule has 420 valence electrons. The molecule has 12 heteroatoms. The van der Waals surface area contributed by atoms with Crippen molar-refractivity contribution in [2.75, 3.05) is 52.9 Å². The largest absolute Gasteiger partial charge is 0.508 e. The van der Waals surface area contributed by atoms with Crippen molar-refractivity contribution in [2.24, 2.45) is 0 Å². The van der Waals surface area contributed by atoms with Crippen LogP contribution < -0.4 is 37.9 Å². The highest BCUT2D eigenvalue weighted by Crippen LogP contribution is 2.48. The summed E-state index contributed by atoms with van der Waals surface area (Å²) in [5.74, 6) is 6.16. The van der Waals surface area contributed by atoms with Gasteiger partial charge in [0.1, 0.15) is 122 Å². The summed E-state index contributed by atoms with van der Waals surface area (Å²) in [5.41, 5.74) is 6.88. The molecule has 12 nitrogen and oxygen atoms in total. The number of aromatic hydroxyl groups is 4. The van der Waals surface area contributed by atoms with Crippen LogP contribution in [0.3, 0.4) is 0 Å². The SMILES string of the molecule is CC(c1ccc(C2CCCCC2)cc1)(c1ccc(OCCOc2ccc(O)cc2)c(-c2ccccc2OCCOc2ccc(O)cc2)c1)c1ccc(OCCOc2ccc(O)cc2)c(-c2ccccc2OCCOc2ccc(O)cc2)c1. The average Bonchev–Trinajstić information content (AvgIpc) is 3.44. The van der Waals surface area contributed by atoms with Gasteiger partial charge in [-0.25, -0.2) is 0 Å². The number of para-hydroxylation sites is 2. The van der Waals surface area contributed by atoms with Gasteiger partial charge in [-0.2, -0.15) is 0 Å². The lowest BCUT2D eigenvalue weighted by Crippen LogP contribution is -2.26.